The summed E-state index contributed by atoms with van der Waals surface area (Å²) >= 11 is 0. The molecule has 0 bridgehead atoms. The Morgan fingerprint density at radius 1 is 0.421 bits per heavy atom. The predicted molar refractivity (Wildman–Crippen MR) is 211 cm³/mol. The van der Waals surface area contributed by atoms with Crippen molar-refractivity contribution in [3.8, 4) is 0 Å². The third-order valence-corrected chi connectivity index (χ3v) is 7.70. The molecule has 0 spiro atoms. The molecule has 57 heavy (non-hydrogen) atoms. The van der Waals surface area contributed by atoms with Gasteiger partial charge in [0, 0.05) is 38.4 Å². The number of ether oxygens (including phenoxy) is 12. The Morgan fingerprint density at radius 3 is 1.05 bits per heavy atom. The standard InChI is InChI=1S/C38H76N4O15/c1-2-37(44)42-8-10-47-12-14-49-16-18-51-20-22-53-24-26-55-28-30-57-32-31-56-29-27-54-25-23-52-21-19-50-17-15-48-13-11-46-9-6-38(45)41-7-4-3-5-35(33-39)36(43)34-40/h35H,2-34,39-40H2,1H3,(H,41,45)(H,42,44)/t35-/m1/s1. The van der Waals surface area contributed by atoms with E-state index >= 15 is 0 Å². The van der Waals surface area contributed by atoms with Crippen molar-refractivity contribution in [2.45, 2.75) is 39.0 Å². The smallest absolute Gasteiger partial charge is 0.222 e. The highest BCUT2D eigenvalue weighted by Crippen LogP contribution is 2.07. The molecule has 2 amide bonds. The second-order valence-corrected chi connectivity index (χ2v) is 12.3. The minimum atomic E-state index is -0.193. The summed E-state index contributed by atoms with van der Waals surface area (Å²) in [6.07, 6.45) is 3.04. The minimum absolute atomic E-state index is 0.0125. The van der Waals surface area contributed by atoms with Crippen LogP contribution >= 0.6 is 0 Å². The number of hydrogen-bond acceptors (Lipinski definition) is 17. The lowest BCUT2D eigenvalue weighted by Crippen LogP contribution is -2.30. The van der Waals surface area contributed by atoms with Crippen LogP contribution in [-0.2, 0) is 71.2 Å². The molecule has 0 aromatic rings. The molecule has 0 fully saturated rings. The molecule has 1 atom stereocenters. The fourth-order valence-electron chi connectivity index (χ4n) is 4.48. The van der Waals surface area contributed by atoms with Crippen molar-refractivity contribution in [3.63, 3.8) is 0 Å². The minimum Gasteiger partial charge on any atom is -0.379 e. The van der Waals surface area contributed by atoms with E-state index in [1.807, 2.05) is 6.92 Å². The zero-order chi connectivity index (χ0) is 41.5. The lowest BCUT2D eigenvalue weighted by molar-refractivity contribution is -0.123. The first-order valence-electron chi connectivity index (χ1n) is 20.4. The van der Waals surface area contributed by atoms with Gasteiger partial charge in [-0.25, -0.2) is 0 Å². The van der Waals surface area contributed by atoms with Crippen LogP contribution in [-0.4, -0.2) is 202 Å². The summed E-state index contributed by atoms with van der Waals surface area (Å²) in [5, 5.41) is 5.59. The zero-order valence-electron chi connectivity index (χ0n) is 34.7. The number of nitrogens with two attached hydrogens (primary N) is 2. The maximum atomic E-state index is 11.9. The number of nitrogens with one attached hydrogen (secondary N) is 2. The lowest BCUT2D eigenvalue weighted by Gasteiger charge is -2.12. The normalized spacial score (nSPS) is 11.9. The SMILES string of the molecule is CCC(=O)NCCOCCOCCOCCOCCOCCOCCOCCOCCOCCOCCOCCOCCC(=O)NCCCC[C@H](CN)C(=O)CN. The fraction of sp³-hybridized carbons (Fsp3) is 0.921. The lowest BCUT2D eigenvalue weighted by atomic mass is 9.97. The van der Waals surface area contributed by atoms with Crippen molar-refractivity contribution in [2.75, 3.05) is 185 Å². The molecule has 0 aromatic heterocycles. The number of rotatable bonds is 48. The van der Waals surface area contributed by atoms with Gasteiger partial charge in [-0.05, 0) is 12.8 Å². The Labute approximate surface area is 340 Å². The van der Waals surface area contributed by atoms with E-state index in [1.165, 1.54) is 0 Å². The highest BCUT2D eigenvalue weighted by atomic mass is 16.6. The molecule has 338 valence electrons. The Balaban J connectivity index is 3.16. The summed E-state index contributed by atoms with van der Waals surface area (Å²) in [4.78, 5) is 34.6. The zero-order valence-corrected chi connectivity index (χ0v) is 34.7. The molecular formula is C38H76N4O15. The predicted octanol–water partition coefficient (Wildman–Crippen LogP) is -0.509. The third kappa shape index (κ3) is 43.5. The van der Waals surface area contributed by atoms with Crippen molar-refractivity contribution < 1.29 is 71.2 Å². The van der Waals surface area contributed by atoms with E-state index < -0.39 is 0 Å². The van der Waals surface area contributed by atoms with Crippen molar-refractivity contribution in [1.29, 1.82) is 0 Å². The van der Waals surface area contributed by atoms with Gasteiger partial charge in [0.1, 0.15) is 0 Å². The number of amides is 2. The molecule has 0 aromatic carbocycles. The molecule has 19 nitrogen and oxygen atoms in total. The van der Waals surface area contributed by atoms with Gasteiger partial charge in [-0.1, -0.05) is 13.3 Å². The van der Waals surface area contributed by atoms with Gasteiger partial charge < -0.3 is 78.9 Å². The Morgan fingerprint density at radius 2 is 0.737 bits per heavy atom. The van der Waals surface area contributed by atoms with Crippen LogP contribution in [0.1, 0.15) is 39.0 Å². The molecule has 0 aliphatic rings. The molecule has 19 heteroatoms. The van der Waals surface area contributed by atoms with Gasteiger partial charge in [0.2, 0.25) is 11.8 Å². The number of carbonyl (C=O) groups is 3. The first-order valence-corrected chi connectivity index (χ1v) is 20.4. The van der Waals surface area contributed by atoms with E-state index in [0.29, 0.717) is 191 Å². The largest absolute Gasteiger partial charge is 0.379 e. The van der Waals surface area contributed by atoms with E-state index in [-0.39, 0.29) is 36.5 Å². The van der Waals surface area contributed by atoms with Gasteiger partial charge in [0.15, 0.2) is 5.78 Å². The number of carbonyl (C=O) groups excluding carboxylic acids is 3. The van der Waals surface area contributed by atoms with Gasteiger partial charge in [-0.2, -0.15) is 0 Å². The van der Waals surface area contributed by atoms with Crippen LogP contribution in [0.4, 0.5) is 0 Å². The molecule has 0 rings (SSSR count). The molecule has 0 aliphatic heterocycles. The topological polar surface area (TPSA) is 238 Å². The Hall–Kier alpha value is -1.95. The van der Waals surface area contributed by atoms with Gasteiger partial charge >= 0.3 is 0 Å². The Kier molecular flexibility index (Phi) is 45.1. The molecule has 0 saturated heterocycles. The van der Waals surface area contributed by atoms with Crippen LogP contribution in [0, 0.1) is 5.92 Å². The molecule has 0 heterocycles. The highest BCUT2D eigenvalue weighted by Gasteiger charge is 2.14. The molecule has 6 N–H and O–H groups in total. The first kappa shape index (κ1) is 55.0. The van der Waals surface area contributed by atoms with Crippen LogP contribution in [0.5, 0.6) is 0 Å². The summed E-state index contributed by atoms with van der Waals surface area (Å²) in [6.45, 7) is 14.4. The molecular weight excluding hydrogens is 752 g/mol. The number of ketones is 1. The molecule has 0 aliphatic carbocycles. The van der Waals surface area contributed by atoms with E-state index in [9.17, 15) is 14.4 Å². The summed E-state index contributed by atoms with van der Waals surface area (Å²) in [6, 6.07) is 0. The van der Waals surface area contributed by atoms with E-state index in [0.717, 1.165) is 12.8 Å². The summed E-state index contributed by atoms with van der Waals surface area (Å²) in [5.41, 5.74) is 11.0. The maximum absolute atomic E-state index is 11.9. The van der Waals surface area contributed by atoms with Gasteiger partial charge in [-0.15, -0.1) is 0 Å². The second kappa shape index (κ2) is 46.7. The van der Waals surface area contributed by atoms with E-state index in [1.54, 1.807) is 0 Å². The van der Waals surface area contributed by atoms with Gasteiger partial charge in [-0.3, -0.25) is 14.4 Å². The monoisotopic (exact) mass is 829 g/mol. The summed E-state index contributed by atoms with van der Waals surface area (Å²) in [7, 11) is 0. The maximum Gasteiger partial charge on any atom is 0.222 e. The van der Waals surface area contributed by atoms with Crippen LogP contribution in [0.2, 0.25) is 0 Å². The quantitative estimate of drug-likeness (QED) is 0.0565. The summed E-state index contributed by atoms with van der Waals surface area (Å²) < 4.78 is 65.5. The van der Waals surface area contributed by atoms with Crippen LogP contribution in [0.15, 0.2) is 0 Å². The van der Waals surface area contributed by atoms with Gasteiger partial charge in [0.25, 0.3) is 0 Å². The second-order valence-electron chi connectivity index (χ2n) is 12.3. The molecule has 0 radical (unpaired) electrons. The van der Waals surface area contributed by atoms with Crippen molar-refractivity contribution in [2.24, 2.45) is 17.4 Å². The van der Waals surface area contributed by atoms with Crippen molar-refractivity contribution in [1.82, 2.24) is 10.6 Å². The summed E-state index contributed by atoms with van der Waals surface area (Å²) in [5.74, 6) is -0.252. The average Bonchev–Trinajstić information content (AvgIpc) is 3.22. The van der Waals surface area contributed by atoms with E-state index in [4.69, 9.17) is 68.3 Å². The third-order valence-electron chi connectivity index (χ3n) is 7.70. The highest BCUT2D eigenvalue weighted by molar-refractivity contribution is 5.82. The van der Waals surface area contributed by atoms with Gasteiger partial charge in [0.05, 0.1) is 165 Å². The number of hydrogen-bond donors (Lipinski definition) is 4. The number of Topliss-reactive ketones (excluding diaryl/α,β-unsaturated/α-hetero) is 1. The molecule has 0 unspecified atom stereocenters. The Bertz CT molecular complexity index is 882. The molecule has 0 saturated carbocycles. The van der Waals surface area contributed by atoms with Crippen LogP contribution in [0.3, 0.4) is 0 Å². The van der Waals surface area contributed by atoms with Crippen LogP contribution < -0.4 is 22.1 Å². The van der Waals surface area contributed by atoms with E-state index in [2.05, 4.69) is 10.6 Å². The fourth-order valence-corrected chi connectivity index (χ4v) is 4.48. The van der Waals surface area contributed by atoms with Crippen molar-refractivity contribution >= 4 is 17.6 Å². The average molecular weight is 829 g/mol. The first-order chi connectivity index (χ1) is 28.0. The van der Waals surface area contributed by atoms with Crippen molar-refractivity contribution in [3.05, 3.63) is 0 Å². The van der Waals surface area contributed by atoms with Crippen LogP contribution in [0.25, 0.3) is 0 Å². The number of unbranched alkanes of at least 4 members (excludes halogenated alkanes) is 1.